The van der Waals surface area contributed by atoms with Crippen LogP contribution in [0.4, 0.5) is 11.4 Å². The molecule has 2 aliphatic heterocycles. The minimum Gasteiger partial charge on any atom is -0.454 e. The molecule has 10 nitrogen and oxygen atoms in total. The minimum absolute atomic E-state index is 0.00767. The maximum atomic E-state index is 13.1. The van der Waals surface area contributed by atoms with Crippen molar-refractivity contribution in [1.29, 1.82) is 0 Å². The summed E-state index contributed by atoms with van der Waals surface area (Å²) in [5.74, 6) is 0.821. The highest BCUT2D eigenvalue weighted by Crippen LogP contribution is 2.41. The SMILES string of the molecule is Cc1ccc(S(=O)(=O)Oc2ccc(/C=C3\SC(=S)N(c4ccc5c(c4)OCO5)C3=O)cc2)cc1[N+](=O)[O-]. The molecule has 0 bridgehead atoms. The number of nitro groups is 1. The molecule has 0 spiro atoms. The fraction of sp³-hybridized carbons (Fsp3) is 0.0833. The summed E-state index contributed by atoms with van der Waals surface area (Å²) in [4.78, 5) is 25.0. The summed E-state index contributed by atoms with van der Waals surface area (Å²) in [6.07, 6.45) is 1.63. The first-order valence-electron chi connectivity index (χ1n) is 10.6. The Morgan fingerprint density at radius 3 is 2.54 bits per heavy atom. The second-order valence-electron chi connectivity index (χ2n) is 7.87. The molecule has 1 fully saturated rings. The number of ether oxygens (including phenoxy) is 2. The van der Waals surface area contributed by atoms with Gasteiger partial charge in [-0.05, 0) is 48.9 Å². The van der Waals surface area contributed by atoms with E-state index in [9.17, 15) is 23.3 Å². The predicted octanol–water partition coefficient (Wildman–Crippen LogP) is 4.81. The molecule has 0 aliphatic carbocycles. The molecule has 1 saturated heterocycles. The van der Waals surface area contributed by atoms with Crippen LogP contribution in [0.1, 0.15) is 11.1 Å². The quantitative estimate of drug-likeness (QED) is 0.137. The Hall–Kier alpha value is -3.94. The van der Waals surface area contributed by atoms with Gasteiger partial charge in [0.15, 0.2) is 15.8 Å². The van der Waals surface area contributed by atoms with E-state index in [4.69, 9.17) is 25.9 Å². The summed E-state index contributed by atoms with van der Waals surface area (Å²) in [5, 5.41) is 11.1. The number of anilines is 1. The zero-order chi connectivity index (χ0) is 26.3. The third-order valence-corrected chi connectivity index (χ3v) is 8.00. The van der Waals surface area contributed by atoms with Gasteiger partial charge in [0.25, 0.3) is 11.6 Å². The molecule has 37 heavy (non-hydrogen) atoms. The number of carbonyl (C=O) groups excluding carboxylic acids is 1. The number of nitrogens with zero attached hydrogens (tertiary/aromatic N) is 2. The van der Waals surface area contributed by atoms with Gasteiger partial charge in [-0.2, -0.15) is 8.42 Å². The fourth-order valence-electron chi connectivity index (χ4n) is 3.60. The Morgan fingerprint density at radius 2 is 1.81 bits per heavy atom. The number of amides is 1. The number of carbonyl (C=O) groups is 1. The van der Waals surface area contributed by atoms with Crippen molar-refractivity contribution < 1.29 is 31.8 Å². The topological polar surface area (TPSA) is 125 Å². The van der Waals surface area contributed by atoms with Crippen LogP contribution in [0.15, 0.2) is 70.5 Å². The normalized spacial score (nSPS) is 15.9. The maximum Gasteiger partial charge on any atom is 0.339 e. The lowest BCUT2D eigenvalue weighted by molar-refractivity contribution is -0.385. The van der Waals surface area contributed by atoms with Crippen molar-refractivity contribution in [3.05, 3.63) is 86.8 Å². The van der Waals surface area contributed by atoms with Gasteiger partial charge in [-0.15, -0.1) is 0 Å². The number of benzene rings is 3. The van der Waals surface area contributed by atoms with Crippen molar-refractivity contribution in [3.8, 4) is 17.2 Å². The molecule has 0 atom stereocenters. The standard InChI is InChI=1S/C24H16N2O8S3/c1-14-2-8-18(12-19(14)26(28)29)37(30,31)34-17-6-3-15(4-7-17)10-22-23(27)25(24(35)36-22)16-5-9-20-21(11-16)33-13-32-20/h2-12H,13H2,1H3/b22-10-. The van der Waals surface area contributed by atoms with Gasteiger partial charge in [-0.1, -0.05) is 42.2 Å². The van der Waals surface area contributed by atoms with Crippen LogP contribution in [0.25, 0.3) is 6.08 Å². The molecular weight excluding hydrogens is 540 g/mol. The fourth-order valence-corrected chi connectivity index (χ4v) is 5.85. The van der Waals surface area contributed by atoms with Gasteiger partial charge < -0.3 is 13.7 Å². The summed E-state index contributed by atoms with van der Waals surface area (Å²) < 4.78 is 41.4. The number of hydrogen-bond donors (Lipinski definition) is 0. The van der Waals surface area contributed by atoms with Gasteiger partial charge >= 0.3 is 10.1 Å². The summed E-state index contributed by atoms with van der Waals surface area (Å²) in [6, 6.07) is 14.7. The molecule has 0 unspecified atom stereocenters. The molecule has 2 aliphatic rings. The number of fused-ring (bicyclic) bond motifs is 1. The molecular formula is C24H16N2O8S3. The van der Waals surface area contributed by atoms with Crippen LogP contribution in [0.3, 0.4) is 0 Å². The van der Waals surface area contributed by atoms with Gasteiger partial charge in [0.2, 0.25) is 6.79 Å². The first-order valence-corrected chi connectivity index (χ1v) is 13.2. The first kappa shape index (κ1) is 24.7. The maximum absolute atomic E-state index is 13.1. The number of rotatable bonds is 6. The molecule has 13 heteroatoms. The van der Waals surface area contributed by atoms with Crippen LogP contribution in [-0.2, 0) is 14.9 Å². The van der Waals surface area contributed by atoms with Gasteiger partial charge in [0, 0.05) is 17.7 Å². The highest BCUT2D eigenvalue weighted by Gasteiger charge is 2.34. The highest BCUT2D eigenvalue weighted by molar-refractivity contribution is 8.27. The van der Waals surface area contributed by atoms with Gasteiger partial charge in [0.05, 0.1) is 15.5 Å². The number of thiocarbonyl (C=S) groups is 1. The average molecular weight is 557 g/mol. The summed E-state index contributed by atoms with van der Waals surface area (Å²) >= 11 is 6.54. The smallest absolute Gasteiger partial charge is 0.339 e. The van der Waals surface area contributed by atoms with E-state index in [1.807, 2.05) is 0 Å². The predicted molar refractivity (Wildman–Crippen MR) is 140 cm³/mol. The second-order valence-corrected chi connectivity index (χ2v) is 11.1. The number of thioether (sulfide) groups is 1. The van der Waals surface area contributed by atoms with Crippen molar-refractivity contribution >= 4 is 61.8 Å². The molecule has 0 radical (unpaired) electrons. The van der Waals surface area contributed by atoms with Crippen LogP contribution < -0.4 is 18.6 Å². The van der Waals surface area contributed by atoms with Crippen LogP contribution >= 0.6 is 24.0 Å². The Balaban J connectivity index is 1.33. The highest BCUT2D eigenvalue weighted by atomic mass is 32.2. The minimum atomic E-state index is -4.30. The van der Waals surface area contributed by atoms with E-state index in [2.05, 4.69) is 0 Å². The molecule has 1 amide bonds. The van der Waals surface area contributed by atoms with Gasteiger partial charge in [-0.3, -0.25) is 19.8 Å². The number of hydrogen-bond acceptors (Lipinski definition) is 10. The summed E-state index contributed by atoms with van der Waals surface area (Å²) in [5.41, 5.74) is 1.18. The van der Waals surface area contributed by atoms with Crippen molar-refractivity contribution in [1.82, 2.24) is 0 Å². The molecule has 2 heterocycles. The van der Waals surface area contributed by atoms with Crippen molar-refractivity contribution in [2.75, 3.05) is 11.7 Å². The molecule has 0 saturated carbocycles. The van der Waals surface area contributed by atoms with E-state index in [1.54, 1.807) is 36.4 Å². The number of aryl methyl sites for hydroxylation is 1. The summed E-state index contributed by atoms with van der Waals surface area (Å²) in [6.45, 7) is 1.63. The molecule has 0 N–H and O–H groups in total. The van der Waals surface area contributed by atoms with Crippen LogP contribution in [-0.4, -0.2) is 30.4 Å². The lowest BCUT2D eigenvalue weighted by Gasteiger charge is -2.14. The molecule has 3 aromatic carbocycles. The molecule has 0 aromatic heterocycles. The number of nitro benzene ring substituents is 1. The first-order chi connectivity index (χ1) is 17.6. The second kappa shape index (κ2) is 9.50. The Bertz CT molecular complexity index is 1600. The monoisotopic (exact) mass is 556 g/mol. The Kier molecular flexibility index (Phi) is 6.35. The third-order valence-electron chi connectivity index (χ3n) is 5.46. The lowest BCUT2D eigenvalue weighted by atomic mass is 10.2. The van der Waals surface area contributed by atoms with Gasteiger partial charge in [0.1, 0.15) is 10.6 Å². The van der Waals surface area contributed by atoms with Crippen molar-refractivity contribution in [3.63, 3.8) is 0 Å². The van der Waals surface area contributed by atoms with Crippen LogP contribution in [0.5, 0.6) is 17.2 Å². The zero-order valence-electron chi connectivity index (χ0n) is 18.9. The zero-order valence-corrected chi connectivity index (χ0v) is 21.4. The Morgan fingerprint density at radius 1 is 1.08 bits per heavy atom. The van der Waals surface area contributed by atoms with E-state index in [-0.39, 0.29) is 29.0 Å². The largest absolute Gasteiger partial charge is 0.454 e. The van der Waals surface area contributed by atoms with E-state index in [0.717, 1.165) is 17.8 Å². The lowest BCUT2D eigenvalue weighted by Crippen LogP contribution is -2.27. The Labute approximate surface area is 220 Å². The third kappa shape index (κ3) is 4.88. The van der Waals surface area contributed by atoms with Crippen LogP contribution in [0, 0.1) is 17.0 Å². The molecule has 5 rings (SSSR count). The summed E-state index contributed by atoms with van der Waals surface area (Å²) in [7, 11) is -4.30. The van der Waals surface area contributed by atoms with Crippen LogP contribution in [0.2, 0.25) is 0 Å². The van der Waals surface area contributed by atoms with Gasteiger partial charge in [-0.25, -0.2) is 0 Å². The van der Waals surface area contributed by atoms with Crippen molar-refractivity contribution in [2.45, 2.75) is 11.8 Å². The molecule has 3 aromatic rings. The van der Waals surface area contributed by atoms with Crippen molar-refractivity contribution in [2.24, 2.45) is 0 Å². The molecule has 188 valence electrons. The van der Waals surface area contributed by atoms with E-state index < -0.39 is 15.0 Å². The van der Waals surface area contributed by atoms with E-state index in [0.29, 0.717) is 37.5 Å². The van der Waals surface area contributed by atoms with E-state index >= 15 is 0 Å². The average Bonchev–Trinajstić information content (AvgIpc) is 3.43. The van der Waals surface area contributed by atoms with E-state index in [1.165, 1.54) is 36.1 Å².